The molecule has 327 valence electrons. The van der Waals surface area contributed by atoms with Gasteiger partial charge in [0, 0.05) is 58.8 Å². The Morgan fingerprint density at radius 1 is 0.682 bits per heavy atom. The van der Waals surface area contributed by atoms with Crippen molar-refractivity contribution in [1.82, 2.24) is 19.5 Å². The zero-order chi connectivity index (χ0) is 45.5. The SMILES string of the molecule is CC(C)c1ccc2c(c1)oc1cc(-n3c(-c4[c-]ccc5c4sc4nc6c(ccc7ccccc76)cc45)nc4ccccc43)ccc12.[2H]C(C)(C)c1cc(-c2[c-]cccc2)nc[c]1[Ge]([CH3])([CH3])[CH3].[Ir]. The Morgan fingerprint density at radius 2 is 1.44 bits per heavy atom. The largest absolute Gasteiger partial charge is 0 e. The second-order valence-corrected chi connectivity index (χ2v) is 30.1. The van der Waals surface area contributed by atoms with E-state index in [1.54, 1.807) is 11.3 Å². The predicted octanol–water partition coefficient (Wildman–Crippen LogP) is 15.8. The summed E-state index contributed by atoms with van der Waals surface area (Å²) < 4.78 is 19.6. The van der Waals surface area contributed by atoms with Gasteiger partial charge in [0.05, 0.1) is 22.4 Å². The summed E-state index contributed by atoms with van der Waals surface area (Å²) in [5.74, 6) is 7.74. The predicted molar refractivity (Wildman–Crippen MR) is 278 cm³/mol. The summed E-state index contributed by atoms with van der Waals surface area (Å²) in [6, 6.07) is 57.4. The Hall–Kier alpha value is -5.96. The first kappa shape index (κ1) is 42.7. The number of para-hydroxylation sites is 2. The fourth-order valence-corrected chi connectivity index (χ4v) is 13.6. The molecule has 5 nitrogen and oxygen atoms in total. The molecule has 8 heteroatoms. The quantitative estimate of drug-likeness (QED) is 0.0946. The third-order valence-corrected chi connectivity index (χ3v) is 17.9. The Bertz CT molecular complexity index is 3840. The van der Waals surface area contributed by atoms with E-state index in [0.717, 1.165) is 92.7 Å². The van der Waals surface area contributed by atoms with E-state index in [1.165, 1.54) is 26.1 Å². The molecule has 0 aliphatic carbocycles. The van der Waals surface area contributed by atoms with Crippen LogP contribution in [0.4, 0.5) is 0 Å². The maximum atomic E-state index is 8.44. The first-order chi connectivity index (χ1) is 31.8. The molecule has 0 aliphatic rings. The summed E-state index contributed by atoms with van der Waals surface area (Å²) in [5.41, 5.74) is 11.1. The Kier molecular flexibility index (Phi) is 11.2. The number of rotatable bonds is 6. The van der Waals surface area contributed by atoms with Crippen LogP contribution in [0.15, 0.2) is 156 Å². The smallest absolute Gasteiger partial charge is 0 e. The van der Waals surface area contributed by atoms with Crippen molar-refractivity contribution in [3.05, 3.63) is 175 Å². The summed E-state index contributed by atoms with van der Waals surface area (Å²) in [4.78, 5) is 16.1. The summed E-state index contributed by atoms with van der Waals surface area (Å²) in [6.07, 6.45) is 2.00. The first-order valence-corrected chi connectivity index (χ1v) is 30.4. The van der Waals surface area contributed by atoms with E-state index in [0.29, 0.717) is 5.92 Å². The minimum absolute atomic E-state index is 0. The minimum Gasteiger partial charge on any atom is 0 e. The molecule has 0 amide bonds. The van der Waals surface area contributed by atoms with Crippen LogP contribution in [0.1, 0.15) is 52.0 Å². The number of benzene rings is 7. The summed E-state index contributed by atoms with van der Waals surface area (Å²) in [7, 11) is 0. The molecule has 1 radical (unpaired) electrons. The van der Waals surface area contributed by atoms with E-state index < -0.39 is 19.2 Å². The van der Waals surface area contributed by atoms with Gasteiger partial charge in [-0.15, -0.1) is 18.2 Å². The van der Waals surface area contributed by atoms with Crippen molar-refractivity contribution in [3.8, 4) is 28.3 Å². The monoisotopic (exact) mass is 1120 g/mol. The molecule has 0 unspecified atom stereocenters. The first-order valence-electron chi connectivity index (χ1n) is 22.8. The molecule has 12 aromatic rings. The molecule has 0 fully saturated rings. The fraction of sp³-hybridized carbons (Fsp3) is 0.155. The standard InChI is InChI=1S/C41H26N3OS.C17H22GeN.Ir/c1-23(2)25-16-18-29-30-19-17-27(22-37(30)45-36(29)21-25)44-35-13-6-5-12-34(35)42-40(44)32-11-7-10-31-33-20-26-15-14-24-8-3-4-9-28(24)38(26)43-41(33)46-39(31)32;1-13(2)15-11-17(14-9-7-6-8-10-14)19-12-16(15)18(3,4)5;/h3-10,12-23H,1-2H3;6-9,11-13H,1-5H3;/q2*-1;/i;13D;. The van der Waals surface area contributed by atoms with Crippen molar-refractivity contribution in [3.63, 3.8) is 0 Å². The van der Waals surface area contributed by atoms with Crippen molar-refractivity contribution >= 4 is 104 Å². The number of furan rings is 1. The van der Waals surface area contributed by atoms with E-state index in [-0.39, 0.29) is 20.1 Å². The molecule has 0 spiro atoms. The van der Waals surface area contributed by atoms with Gasteiger partial charge in [0.1, 0.15) is 16.0 Å². The van der Waals surface area contributed by atoms with Crippen molar-refractivity contribution in [2.75, 3.05) is 0 Å². The van der Waals surface area contributed by atoms with Crippen LogP contribution in [0.25, 0.3) is 103 Å². The average molecular weight is 1110 g/mol. The second kappa shape index (κ2) is 17.4. The molecule has 0 saturated heterocycles. The van der Waals surface area contributed by atoms with Gasteiger partial charge in [0.15, 0.2) is 0 Å². The van der Waals surface area contributed by atoms with Gasteiger partial charge in [-0.1, -0.05) is 85.5 Å². The fourth-order valence-electron chi connectivity index (χ4n) is 9.13. The zero-order valence-corrected chi connectivity index (χ0v) is 43.3. The van der Waals surface area contributed by atoms with E-state index >= 15 is 0 Å². The van der Waals surface area contributed by atoms with Crippen LogP contribution < -0.4 is 4.40 Å². The molecule has 0 atom stereocenters. The summed E-state index contributed by atoms with van der Waals surface area (Å²) in [5, 5.41) is 8.10. The van der Waals surface area contributed by atoms with Crippen LogP contribution >= 0.6 is 11.3 Å². The number of hydrogen-bond acceptors (Lipinski definition) is 5. The Labute approximate surface area is 406 Å². The third kappa shape index (κ3) is 7.76. The van der Waals surface area contributed by atoms with Gasteiger partial charge in [0.25, 0.3) is 0 Å². The van der Waals surface area contributed by atoms with Crippen LogP contribution in [0.5, 0.6) is 0 Å². The van der Waals surface area contributed by atoms with Crippen LogP contribution in [0.3, 0.4) is 0 Å². The summed E-state index contributed by atoms with van der Waals surface area (Å²) >= 11 is -0.311. The van der Waals surface area contributed by atoms with E-state index in [4.69, 9.17) is 15.8 Å². The van der Waals surface area contributed by atoms with Crippen molar-refractivity contribution in [1.29, 1.82) is 0 Å². The van der Waals surface area contributed by atoms with Crippen LogP contribution in [-0.4, -0.2) is 32.8 Å². The van der Waals surface area contributed by atoms with Gasteiger partial charge in [-0.2, -0.15) is 11.3 Å². The number of pyridine rings is 2. The molecule has 0 aliphatic heterocycles. The van der Waals surface area contributed by atoms with Crippen molar-refractivity contribution in [2.24, 2.45) is 0 Å². The van der Waals surface area contributed by atoms with Crippen LogP contribution in [-0.2, 0) is 20.1 Å². The molecule has 66 heavy (non-hydrogen) atoms. The van der Waals surface area contributed by atoms with E-state index in [9.17, 15) is 0 Å². The van der Waals surface area contributed by atoms with E-state index in [1.807, 2.05) is 56.4 Å². The van der Waals surface area contributed by atoms with Crippen molar-refractivity contribution in [2.45, 2.75) is 56.8 Å². The Balaban J connectivity index is 0.000000212. The molecule has 5 aromatic heterocycles. The number of hydrogen-bond donors (Lipinski definition) is 0. The molecule has 0 bridgehead atoms. The van der Waals surface area contributed by atoms with E-state index in [2.05, 4.69) is 162 Å². The van der Waals surface area contributed by atoms with Gasteiger partial charge in [-0.25, -0.2) is 4.98 Å². The maximum absolute atomic E-state index is 8.44. The molecular formula is C58H48GeIrN4OS-2. The van der Waals surface area contributed by atoms with Gasteiger partial charge < -0.3 is 8.98 Å². The molecule has 0 N–H and O–H groups in total. The second-order valence-electron chi connectivity index (χ2n) is 18.5. The normalized spacial score (nSPS) is 12.4. The number of thiophene rings is 1. The minimum atomic E-state index is -2.03. The molecule has 0 saturated carbocycles. The average Bonchev–Trinajstić information content (AvgIpc) is 4.01. The molecule has 5 heterocycles. The number of aromatic nitrogens is 4. The maximum Gasteiger partial charge on any atom is 0 e. The van der Waals surface area contributed by atoms with Gasteiger partial charge in [-0.05, 0) is 58.0 Å². The Morgan fingerprint density at radius 3 is 2.23 bits per heavy atom. The van der Waals surface area contributed by atoms with Crippen LogP contribution in [0.2, 0.25) is 17.3 Å². The number of nitrogens with zero attached hydrogens (tertiary/aromatic N) is 4. The van der Waals surface area contributed by atoms with Gasteiger partial charge in [-0.3, -0.25) is 4.98 Å². The summed E-state index contributed by atoms with van der Waals surface area (Å²) in [6.45, 7) is 8.33. The third-order valence-electron chi connectivity index (χ3n) is 12.5. The zero-order valence-electron chi connectivity index (χ0n) is 38.9. The van der Waals surface area contributed by atoms with Gasteiger partial charge in [0.2, 0.25) is 0 Å². The van der Waals surface area contributed by atoms with Crippen LogP contribution in [0, 0.1) is 12.1 Å². The topological polar surface area (TPSA) is 56.7 Å². The number of imidazole rings is 1. The molecule has 12 rings (SSSR count). The van der Waals surface area contributed by atoms with Gasteiger partial charge >= 0.3 is 120 Å². The molecular weight excluding hydrogens is 1070 g/mol. The molecule has 7 aromatic carbocycles. The number of fused-ring (bicyclic) bond motifs is 10. The van der Waals surface area contributed by atoms with Crippen molar-refractivity contribution < 1.29 is 25.9 Å².